The predicted octanol–water partition coefficient (Wildman–Crippen LogP) is 1.83. The molecule has 8 heteroatoms. The lowest BCUT2D eigenvalue weighted by molar-refractivity contribution is 0.482. The van der Waals surface area contributed by atoms with Gasteiger partial charge in [-0.2, -0.15) is 16.8 Å². The van der Waals surface area contributed by atoms with E-state index in [1.807, 2.05) is 0 Å². The fourth-order valence-electron chi connectivity index (χ4n) is 2.40. The molecule has 2 aromatic carbocycles. The normalized spacial score (nSPS) is 13.3. The molecule has 0 aromatic heterocycles. The van der Waals surface area contributed by atoms with E-state index in [1.165, 1.54) is 36.4 Å². The van der Waals surface area contributed by atoms with E-state index in [1.54, 1.807) is 0 Å². The molecule has 0 radical (unpaired) electrons. The smallest absolute Gasteiger partial charge is 0.282 e. The van der Waals surface area contributed by atoms with Crippen molar-refractivity contribution in [1.82, 2.24) is 0 Å². The monoisotopic (exact) mass is 312 g/mol. The Morgan fingerprint density at radius 1 is 0.650 bits per heavy atom. The number of benzene rings is 2. The molecule has 0 heterocycles. The van der Waals surface area contributed by atoms with Crippen molar-refractivity contribution in [2.24, 2.45) is 0 Å². The van der Waals surface area contributed by atoms with Gasteiger partial charge >= 0.3 is 0 Å². The Kier molecular flexibility index (Phi) is 2.58. The third kappa shape index (κ3) is 1.77. The molecule has 0 amide bonds. The summed E-state index contributed by atoms with van der Waals surface area (Å²) in [5.74, 6) is 0. The Morgan fingerprint density at radius 3 is 1.30 bits per heavy atom. The van der Waals surface area contributed by atoms with Gasteiger partial charge < -0.3 is 0 Å². The molecular weight excluding hydrogens is 304 g/mol. The SMILES string of the molecule is O=S(=O)(O)c1cccc2c1-c1cccc(S(=O)(=O)O)c1-2. The van der Waals surface area contributed by atoms with Crippen molar-refractivity contribution in [1.29, 1.82) is 0 Å². The Hall–Kier alpha value is -1.74. The van der Waals surface area contributed by atoms with Crippen LogP contribution in [0.4, 0.5) is 0 Å². The molecule has 1 aliphatic carbocycles. The second-order valence-corrected chi connectivity index (χ2v) is 7.09. The van der Waals surface area contributed by atoms with Crippen molar-refractivity contribution in [3.63, 3.8) is 0 Å². The zero-order valence-electron chi connectivity index (χ0n) is 9.81. The predicted molar refractivity (Wildman–Crippen MR) is 70.5 cm³/mol. The molecule has 0 unspecified atom stereocenters. The zero-order valence-corrected chi connectivity index (χ0v) is 11.4. The maximum atomic E-state index is 11.3. The van der Waals surface area contributed by atoms with Crippen molar-refractivity contribution in [2.45, 2.75) is 9.79 Å². The number of hydrogen-bond donors (Lipinski definition) is 2. The van der Waals surface area contributed by atoms with Gasteiger partial charge in [0.1, 0.15) is 9.79 Å². The highest BCUT2D eigenvalue weighted by molar-refractivity contribution is 7.86. The van der Waals surface area contributed by atoms with E-state index in [-0.39, 0.29) is 20.9 Å². The van der Waals surface area contributed by atoms with Gasteiger partial charge in [0.25, 0.3) is 20.2 Å². The van der Waals surface area contributed by atoms with E-state index in [0.717, 1.165) is 0 Å². The first kappa shape index (κ1) is 13.3. The Bertz CT molecular complexity index is 848. The third-order valence-corrected chi connectivity index (χ3v) is 4.94. The fraction of sp³-hybridized carbons (Fsp3) is 0. The van der Waals surface area contributed by atoms with Gasteiger partial charge in [-0.15, -0.1) is 0 Å². The van der Waals surface area contributed by atoms with Gasteiger partial charge in [-0.05, 0) is 23.3 Å². The molecule has 0 spiro atoms. The van der Waals surface area contributed by atoms with Crippen LogP contribution in [-0.2, 0) is 20.2 Å². The lowest BCUT2D eigenvalue weighted by atomic mass is 9.81. The minimum Gasteiger partial charge on any atom is -0.282 e. The number of hydrogen-bond acceptors (Lipinski definition) is 4. The topological polar surface area (TPSA) is 109 Å². The van der Waals surface area contributed by atoms with Crippen LogP contribution in [0.2, 0.25) is 0 Å². The van der Waals surface area contributed by atoms with Crippen molar-refractivity contribution >= 4 is 20.2 Å². The zero-order chi connectivity index (χ0) is 14.7. The van der Waals surface area contributed by atoms with Crippen molar-refractivity contribution in [3.8, 4) is 22.3 Å². The Balaban J connectivity index is 2.37. The van der Waals surface area contributed by atoms with Gasteiger partial charge in [0.2, 0.25) is 0 Å². The Labute approximate surface area is 115 Å². The maximum absolute atomic E-state index is 11.3. The highest BCUT2D eigenvalue weighted by Crippen LogP contribution is 2.52. The molecule has 0 atom stereocenters. The lowest BCUT2D eigenvalue weighted by Crippen LogP contribution is -2.11. The van der Waals surface area contributed by atoms with E-state index in [9.17, 15) is 25.9 Å². The minimum absolute atomic E-state index is 0.260. The summed E-state index contributed by atoms with van der Waals surface area (Å²) in [5.41, 5.74) is 1.25. The second kappa shape index (κ2) is 3.89. The van der Waals surface area contributed by atoms with Gasteiger partial charge in [0.15, 0.2) is 0 Å². The summed E-state index contributed by atoms with van der Waals surface area (Å²) in [4.78, 5) is -0.565. The average molecular weight is 312 g/mol. The first-order valence-corrected chi connectivity index (χ1v) is 8.31. The van der Waals surface area contributed by atoms with E-state index in [4.69, 9.17) is 0 Å². The van der Waals surface area contributed by atoms with Crippen LogP contribution in [0.25, 0.3) is 22.3 Å². The molecule has 104 valence electrons. The molecule has 3 rings (SSSR count). The molecule has 0 aliphatic heterocycles. The molecule has 0 saturated carbocycles. The van der Waals surface area contributed by atoms with E-state index in [2.05, 4.69) is 0 Å². The van der Waals surface area contributed by atoms with Crippen molar-refractivity contribution in [2.75, 3.05) is 0 Å². The van der Waals surface area contributed by atoms with Gasteiger partial charge in [-0.1, -0.05) is 24.3 Å². The van der Waals surface area contributed by atoms with Crippen LogP contribution < -0.4 is 0 Å². The van der Waals surface area contributed by atoms with Gasteiger partial charge in [-0.25, -0.2) is 0 Å². The molecule has 0 saturated heterocycles. The number of fused-ring (bicyclic) bond motifs is 4. The first-order chi connectivity index (χ1) is 9.21. The standard InChI is InChI=1S/C12H8O6S2/c13-19(14,15)9-5-1-3-7-11(9)8-4-2-6-10(12(7)8)20(16,17)18/h1-6H,(H,13,14,15)(H,16,17,18). The summed E-state index contributed by atoms with van der Waals surface area (Å²) in [6.07, 6.45) is 0. The van der Waals surface area contributed by atoms with E-state index >= 15 is 0 Å². The van der Waals surface area contributed by atoms with Crippen LogP contribution in [0.3, 0.4) is 0 Å². The molecule has 6 nitrogen and oxygen atoms in total. The molecule has 0 fully saturated rings. The molecule has 2 N–H and O–H groups in total. The molecule has 0 bridgehead atoms. The lowest BCUT2D eigenvalue weighted by Gasteiger charge is -2.27. The van der Waals surface area contributed by atoms with Gasteiger partial charge in [-0.3, -0.25) is 9.11 Å². The summed E-state index contributed by atoms with van der Waals surface area (Å²) in [7, 11) is -8.82. The fourth-order valence-corrected chi connectivity index (χ4v) is 3.86. The maximum Gasteiger partial charge on any atom is 0.295 e. The van der Waals surface area contributed by atoms with Crippen LogP contribution in [-0.4, -0.2) is 25.9 Å². The first-order valence-electron chi connectivity index (χ1n) is 5.43. The molecule has 2 aromatic rings. The Morgan fingerprint density at radius 2 is 1.00 bits per heavy atom. The minimum atomic E-state index is -4.41. The number of rotatable bonds is 2. The molecular formula is C12H8O6S2. The summed E-state index contributed by atoms with van der Waals surface area (Å²) in [6, 6.07) is 8.31. The summed E-state index contributed by atoms with van der Waals surface area (Å²) in [5, 5.41) is 0. The van der Waals surface area contributed by atoms with Gasteiger partial charge in [0.05, 0.1) is 0 Å². The highest BCUT2D eigenvalue weighted by Gasteiger charge is 2.34. The van der Waals surface area contributed by atoms with Gasteiger partial charge in [0, 0.05) is 11.1 Å². The molecule has 20 heavy (non-hydrogen) atoms. The quantitative estimate of drug-likeness (QED) is 0.699. The van der Waals surface area contributed by atoms with E-state index < -0.39 is 20.2 Å². The average Bonchev–Trinajstić information content (AvgIpc) is 2.32. The molecule has 1 aliphatic rings. The third-order valence-electron chi connectivity index (χ3n) is 3.15. The van der Waals surface area contributed by atoms with Crippen LogP contribution in [0.15, 0.2) is 46.2 Å². The van der Waals surface area contributed by atoms with Crippen molar-refractivity contribution < 1.29 is 25.9 Å². The van der Waals surface area contributed by atoms with Crippen LogP contribution in [0.1, 0.15) is 0 Å². The van der Waals surface area contributed by atoms with Crippen LogP contribution in [0, 0.1) is 0 Å². The summed E-state index contributed by atoms with van der Waals surface area (Å²) < 4.78 is 63.7. The van der Waals surface area contributed by atoms with E-state index in [0.29, 0.717) is 11.1 Å². The highest BCUT2D eigenvalue weighted by atomic mass is 32.2. The summed E-state index contributed by atoms with van der Waals surface area (Å²) >= 11 is 0. The van der Waals surface area contributed by atoms with Crippen LogP contribution in [0.5, 0.6) is 0 Å². The largest absolute Gasteiger partial charge is 0.295 e. The second-order valence-electron chi connectivity index (χ2n) is 4.31. The summed E-state index contributed by atoms with van der Waals surface area (Å²) in [6.45, 7) is 0. The van der Waals surface area contributed by atoms with Crippen LogP contribution >= 0.6 is 0 Å². The van der Waals surface area contributed by atoms with Crippen molar-refractivity contribution in [3.05, 3.63) is 36.4 Å².